The maximum absolute atomic E-state index is 10.3. The van der Waals surface area contributed by atoms with Crippen LogP contribution in [0, 0.1) is 0 Å². The van der Waals surface area contributed by atoms with Crippen LogP contribution in [0.25, 0.3) is 0 Å². The Morgan fingerprint density at radius 3 is 2.94 bits per heavy atom. The van der Waals surface area contributed by atoms with E-state index in [1.54, 1.807) is 12.4 Å². The van der Waals surface area contributed by atoms with Gasteiger partial charge in [-0.15, -0.1) is 0 Å². The van der Waals surface area contributed by atoms with Gasteiger partial charge < -0.3 is 9.67 Å². The monoisotopic (exact) mass is 295 g/mol. The van der Waals surface area contributed by atoms with Crippen LogP contribution in [0.15, 0.2) is 35.2 Å². The van der Waals surface area contributed by atoms with Crippen LogP contribution in [0.1, 0.15) is 31.0 Å². The molecule has 17 heavy (non-hydrogen) atoms. The molecule has 0 amide bonds. The molecule has 2 aromatic heterocycles. The first-order valence-electron chi connectivity index (χ1n) is 5.53. The van der Waals surface area contributed by atoms with Crippen molar-refractivity contribution in [2.45, 2.75) is 26.0 Å². The first kappa shape index (κ1) is 12.3. The normalized spacial score (nSPS) is 12.6. The minimum Gasteiger partial charge on any atom is -0.379 e. The number of imidazole rings is 1. The highest BCUT2D eigenvalue weighted by molar-refractivity contribution is 9.10. The fourth-order valence-electron chi connectivity index (χ4n) is 1.72. The summed E-state index contributed by atoms with van der Waals surface area (Å²) in [5.41, 5.74) is 0.594. The number of rotatable bonds is 4. The molecule has 0 radical (unpaired) electrons. The van der Waals surface area contributed by atoms with Gasteiger partial charge in [-0.05, 0) is 34.5 Å². The molecule has 1 atom stereocenters. The van der Waals surface area contributed by atoms with Gasteiger partial charge in [0, 0.05) is 29.6 Å². The Labute approximate surface area is 108 Å². The molecule has 0 spiro atoms. The Balaban J connectivity index is 2.34. The summed E-state index contributed by atoms with van der Waals surface area (Å²) in [6, 6.07) is 3.68. The molecule has 0 fully saturated rings. The summed E-state index contributed by atoms with van der Waals surface area (Å²) in [5.74, 6) is 0.631. The smallest absolute Gasteiger partial charge is 0.155 e. The first-order valence-corrected chi connectivity index (χ1v) is 6.32. The van der Waals surface area contributed by atoms with E-state index in [1.807, 2.05) is 22.9 Å². The van der Waals surface area contributed by atoms with Gasteiger partial charge in [-0.1, -0.05) is 6.92 Å². The lowest BCUT2D eigenvalue weighted by Gasteiger charge is -2.13. The minimum absolute atomic E-state index is 0.594. The molecule has 2 heterocycles. The van der Waals surface area contributed by atoms with Crippen molar-refractivity contribution in [1.82, 2.24) is 14.5 Å². The number of aromatic nitrogens is 3. The van der Waals surface area contributed by atoms with Gasteiger partial charge in [-0.3, -0.25) is 4.98 Å². The maximum Gasteiger partial charge on any atom is 0.155 e. The predicted octanol–water partition coefficient (Wildman–Crippen LogP) is 2.53. The molecule has 0 aliphatic heterocycles. The summed E-state index contributed by atoms with van der Waals surface area (Å²) in [7, 11) is 0. The SMILES string of the molecule is CCCn1ccnc1C(O)c1ncccc1Br. The second-order valence-corrected chi connectivity index (χ2v) is 4.61. The molecule has 5 heteroatoms. The third-order valence-corrected chi connectivity index (χ3v) is 3.17. The summed E-state index contributed by atoms with van der Waals surface area (Å²) >= 11 is 3.39. The van der Waals surface area contributed by atoms with Crippen molar-refractivity contribution in [1.29, 1.82) is 0 Å². The quantitative estimate of drug-likeness (QED) is 0.943. The Morgan fingerprint density at radius 1 is 1.41 bits per heavy atom. The zero-order chi connectivity index (χ0) is 12.3. The van der Waals surface area contributed by atoms with Gasteiger partial charge in [0.15, 0.2) is 6.10 Å². The molecule has 4 nitrogen and oxygen atoms in total. The predicted molar refractivity (Wildman–Crippen MR) is 68.5 cm³/mol. The molecule has 0 saturated heterocycles. The van der Waals surface area contributed by atoms with Crippen LogP contribution in [0.4, 0.5) is 0 Å². The summed E-state index contributed by atoms with van der Waals surface area (Å²) in [4.78, 5) is 8.39. The van der Waals surface area contributed by atoms with E-state index >= 15 is 0 Å². The molecule has 2 aromatic rings. The number of hydrogen-bond donors (Lipinski definition) is 1. The van der Waals surface area contributed by atoms with Crippen molar-refractivity contribution in [2.24, 2.45) is 0 Å². The third kappa shape index (κ3) is 2.56. The Bertz CT molecular complexity index is 498. The summed E-state index contributed by atoms with van der Waals surface area (Å²) in [6.07, 6.45) is 5.44. The first-order chi connectivity index (χ1) is 8.24. The van der Waals surface area contributed by atoms with Crippen molar-refractivity contribution in [3.05, 3.63) is 46.7 Å². The van der Waals surface area contributed by atoms with Crippen LogP contribution in [0.2, 0.25) is 0 Å². The van der Waals surface area contributed by atoms with E-state index < -0.39 is 6.10 Å². The molecule has 90 valence electrons. The summed E-state index contributed by atoms with van der Waals surface area (Å²) in [5, 5.41) is 10.3. The highest BCUT2D eigenvalue weighted by atomic mass is 79.9. The number of aliphatic hydroxyl groups is 1. The highest BCUT2D eigenvalue weighted by Gasteiger charge is 2.19. The van der Waals surface area contributed by atoms with E-state index in [2.05, 4.69) is 32.8 Å². The lowest BCUT2D eigenvalue weighted by molar-refractivity contribution is 0.198. The second kappa shape index (κ2) is 5.42. The van der Waals surface area contributed by atoms with Crippen molar-refractivity contribution >= 4 is 15.9 Å². The van der Waals surface area contributed by atoms with Crippen molar-refractivity contribution in [3.63, 3.8) is 0 Å². The number of nitrogens with zero attached hydrogens (tertiary/aromatic N) is 3. The van der Waals surface area contributed by atoms with Gasteiger partial charge in [0.25, 0.3) is 0 Å². The third-order valence-electron chi connectivity index (χ3n) is 2.50. The van der Waals surface area contributed by atoms with Crippen molar-refractivity contribution < 1.29 is 5.11 Å². The van der Waals surface area contributed by atoms with E-state index in [1.165, 1.54) is 0 Å². The van der Waals surface area contributed by atoms with Crippen molar-refractivity contribution in [2.75, 3.05) is 0 Å². The molecule has 0 aliphatic carbocycles. The van der Waals surface area contributed by atoms with Gasteiger partial charge in [0.05, 0.1) is 5.69 Å². The average Bonchev–Trinajstić information content (AvgIpc) is 2.78. The number of aliphatic hydroxyl groups excluding tert-OH is 1. The van der Waals surface area contributed by atoms with Crippen LogP contribution in [-0.4, -0.2) is 19.6 Å². The van der Waals surface area contributed by atoms with E-state index in [0.717, 1.165) is 17.4 Å². The molecule has 2 rings (SSSR count). The van der Waals surface area contributed by atoms with Crippen LogP contribution >= 0.6 is 15.9 Å². The minimum atomic E-state index is -0.799. The van der Waals surface area contributed by atoms with Crippen LogP contribution in [-0.2, 0) is 6.54 Å². The standard InChI is InChI=1S/C12H14BrN3O/c1-2-7-16-8-6-15-12(16)11(17)10-9(13)4-3-5-14-10/h3-6,8,11,17H,2,7H2,1H3. The summed E-state index contributed by atoms with van der Waals surface area (Å²) in [6.45, 7) is 2.93. The van der Waals surface area contributed by atoms with E-state index in [-0.39, 0.29) is 0 Å². The van der Waals surface area contributed by atoms with Gasteiger partial charge in [-0.2, -0.15) is 0 Å². The number of halogens is 1. The molecule has 0 bridgehead atoms. The Hall–Kier alpha value is -1.20. The fraction of sp³-hybridized carbons (Fsp3) is 0.333. The topological polar surface area (TPSA) is 50.9 Å². The van der Waals surface area contributed by atoms with Crippen LogP contribution < -0.4 is 0 Å². The highest BCUT2D eigenvalue weighted by Crippen LogP contribution is 2.25. The molecular formula is C12H14BrN3O. The van der Waals surface area contributed by atoms with Gasteiger partial charge in [0.1, 0.15) is 5.82 Å². The molecule has 1 N–H and O–H groups in total. The van der Waals surface area contributed by atoms with E-state index in [9.17, 15) is 5.11 Å². The van der Waals surface area contributed by atoms with Gasteiger partial charge in [0.2, 0.25) is 0 Å². The zero-order valence-corrected chi connectivity index (χ0v) is 11.1. The van der Waals surface area contributed by atoms with E-state index in [4.69, 9.17) is 0 Å². The Kier molecular flexibility index (Phi) is 3.91. The summed E-state index contributed by atoms with van der Waals surface area (Å²) < 4.78 is 2.74. The number of aryl methyl sites for hydroxylation is 1. The zero-order valence-electron chi connectivity index (χ0n) is 9.55. The van der Waals surface area contributed by atoms with Gasteiger partial charge in [-0.25, -0.2) is 4.98 Å². The molecule has 0 aliphatic rings. The molecule has 0 saturated carbocycles. The molecular weight excluding hydrogens is 282 g/mol. The largest absolute Gasteiger partial charge is 0.379 e. The lowest BCUT2D eigenvalue weighted by atomic mass is 10.2. The molecule has 1 unspecified atom stereocenters. The molecule has 0 aromatic carbocycles. The van der Waals surface area contributed by atoms with Crippen LogP contribution in [0.3, 0.4) is 0 Å². The van der Waals surface area contributed by atoms with Gasteiger partial charge >= 0.3 is 0 Å². The Morgan fingerprint density at radius 2 is 2.24 bits per heavy atom. The second-order valence-electron chi connectivity index (χ2n) is 3.75. The number of hydrogen-bond acceptors (Lipinski definition) is 3. The maximum atomic E-state index is 10.3. The lowest BCUT2D eigenvalue weighted by Crippen LogP contribution is -2.11. The average molecular weight is 296 g/mol. The van der Waals surface area contributed by atoms with E-state index in [0.29, 0.717) is 11.5 Å². The number of pyridine rings is 1. The van der Waals surface area contributed by atoms with Crippen LogP contribution in [0.5, 0.6) is 0 Å². The van der Waals surface area contributed by atoms with Crippen molar-refractivity contribution in [3.8, 4) is 0 Å². The fourth-order valence-corrected chi connectivity index (χ4v) is 2.19.